The summed E-state index contributed by atoms with van der Waals surface area (Å²) in [6.45, 7) is 1.44. The van der Waals surface area contributed by atoms with E-state index in [2.05, 4.69) is 10.1 Å². The van der Waals surface area contributed by atoms with Gasteiger partial charge in [-0.1, -0.05) is 5.16 Å². The van der Waals surface area contributed by atoms with Crippen molar-refractivity contribution < 1.29 is 9.57 Å². The Morgan fingerprint density at radius 3 is 3.38 bits per heavy atom. The Morgan fingerprint density at radius 2 is 2.69 bits per heavy atom. The third-order valence-corrected chi connectivity index (χ3v) is 1.91. The molecule has 70 valence electrons. The van der Waals surface area contributed by atoms with Gasteiger partial charge in [-0.25, -0.2) is 0 Å². The van der Waals surface area contributed by atoms with Crippen molar-refractivity contribution in [2.75, 3.05) is 13.2 Å². The number of H-pyrrole nitrogens is 1. The molecule has 4 heteroatoms. The Balaban J connectivity index is 1.78. The first-order valence-electron chi connectivity index (χ1n) is 4.35. The molecule has 0 spiro atoms. The summed E-state index contributed by atoms with van der Waals surface area (Å²) in [6.07, 6.45) is 4.58. The van der Waals surface area contributed by atoms with E-state index in [-0.39, 0.29) is 6.10 Å². The number of ether oxygens (including phenoxy) is 1. The minimum absolute atomic E-state index is 0.131. The average Bonchev–Trinajstić information content (AvgIpc) is 2.75. The molecule has 0 aromatic carbocycles. The van der Waals surface area contributed by atoms with Gasteiger partial charge in [-0.3, -0.25) is 0 Å². The van der Waals surface area contributed by atoms with Crippen molar-refractivity contribution >= 4 is 6.21 Å². The van der Waals surface area contributed by atoms with Gasteiger partial charge in [0.2, 0.25) is 0 Å². The quantitative estimate of drug-likeness (QED) is 0.560. The minimum atomic E-state index is 0.131. The molecule has 1 N–H and O–H groups in total. The standard InChI is InChI=1S/C9H12N2O2/c1-2-8(10-4-1)6-11-13-9-3-5-12-7-9/h1-2,4,6,9-10H,3,5,7H2/b11-6+. The first kappa shape index (κ1) is 8.31. The third-order valence-electron chi connectivity index (χ3n) is 1.91. The largest absolute Gasteiger partial charge is 0.390 e. The lowest BCUT2D eigenvalue weighted by Gasteiger charge is -2.02. The number of rotatable bonds is 3. The zero-order chi connectivity index (χ0) is 8.93. The van der Waals surface area contributed by atoms with E-state index in [1.165, 1.54) is 0 Å². The molecule has 0 bridgehead atoms. The number of aromatic nitrogens is 1. The summed E-state index contributed by atoms with van der Waals surface area (Å²) in [4.78, 5) is 8.20. The molecule has 1 aliphatic rings. The normalized spacial score (nSPS) is 22.6. The van der Waals surface area contributed by atoms with Crippen LogP contribution in [-0.4, -0.2) is 30.5 Å². The second-order valence-electron chi connectivity index (χ2n) is 2.95. The molecule has 1 unspecified atom stereocenters. The molecule has 1 aliphatic heterocycles. The van der Waals surface area contributed by atoms with Gasteiger partial charge in [0.25, 0.3) is 0 Å². The molecule has 1 aromatic rings. The van der Waals surface area contributed by atoms with Crippen LogP contribution < -0.4 is 0 Å². The monoisotopic (exact) mass is 180 g/mol. The van der Waals surface area contributed by atoms with E-state index in [4.69, 9.17) is 9.57 Å². The zero-order valence-corrected chi connectivity index (χ0v) is 7.27. The van der Waals surface area contributed by atoms with Crippen molar-refractivity contribution in [3.05, 3.63) is 24.0 Å². The van der Waals surface area contributed by atoms with Crippen LogP contribution in [0.5, 0.6) is 0 Å². The summed E-state index contributed by atoms with van der Waals surface area (Å²) in [6, 6.07) is 3.85. The fraction of sp³-hybridized carbons (Fsp3) is 0.444. The first-order valence-corrected chi connectivity index (χ1v) is 4.35. The molecule has 1 aromatic heterocycles. The van der Waals surface area contributed by atoms with E-state index in [1.807, 2.05) is 18.3 Å². The molecule has 1 fully saturated rings. The van der Waals surface area contributed by atoms with Crippen LogP contribution in [-0.2, 0) is 9.57 Å². The van der Waals surface area contributed by atoms with Crippen molar-refractivity contribution in [2.24, 2.45) is 5.16 Å². The van der Waals surface area contributed by atoms with Crippen LogP contribution in [0.3, 0.4) is 0 Å². The highest BCUT2D eigenvalue weighted by Gasteiger charge is 2.16. The highest BCUT2D eigenvalue weighted by Crippen LogP contribution is 2.07. The predicted octanol–water partition coefficient (Wildman–Crippen LogP) is 1.15. The lowest BCUT2D eigenvalue weighted by molar-refractivity contribution is 0.0484. The molecule has 1 saturated heterocycles. The van der Waals surface area contributed by atoms with Crippen LogP contribution in [0.15, 0.2) is 23.5 Å². The molecule has 0 saturated carbocycles. The lowest BCUT2D eigenvalue weighted by atomic mass is 10.3. The maximum absolute atomic E-state index is 5.20. The van der Waals surface area contributed by atoms with Crippen LogP contribution in [0.25, 0.3) is 0 Å². The maximum atomic E-state index is 5.20. The number of nitrogens with one attached hydrogen (secondary N) is 1. The van der Waals surface area contributed by atoms with E-state index in [0.29, 0.717) is 6.61 Å². The third kappa shape index (κ3) is 2.32. The molecule has 0 radical (unpaired) electrons. The van der Waals surface area contributed by atoms with Crippen LogP contribution in [0.1, 0.15) is 12.1 Å². The lowest BCUT2D eigenvalue weighted by Crippen LogP contribution is -2.08. The zero-order valence-electron chi connectivity index (χ0n) is 7.27. The molecular weight excluding hydrogens is 168 g/mol. The number of oxime groups is 1. The van der Waals surface area contributed by atoms with Gasteiger partial charge in [0, 0.05) is 12.6 Å². The van der Waals surface area contributed by atoms with E-state index in [9.17, 15) is 0 Å². The number of aromatic amines is 1. The van der Waals surface area contributed by atoms with Crippen molar-refractivity contribution in [3.8, 4) is 0 Å². The molecule has 2 heterocycles. The summed E-state index contributed by atoms with van der Waals surface area (Å²) in [5.74, 6) is 0. The van der Waals surface area contributed by atoms with Crippen LogP contribution in [0.2, 0.25) is 0 Å². The summed E-state index contributed by atoms with van der Waals surface area (Å²) in [5.41, 5.74) is 0.943. The molecular formula is C9H12N2O2. The van der Waals surface area contributed by atoms with Gasteiger partial charge in [-0.15, -0.1) is 0 Å². The van der Waals surface area contributed by atoms with Crippen molar-refractivity contribution in [3.63, 3.8) is 0 Å². The van der Waals surface area contributed by atoms with Gasteiger partial charge >= 0.3 is 0 Å². The summed E-state index contributed by atoms with van der Waals surface area (Å²) in [7, 11) is 0. The second-order valence-corrected chi connectivity index (χ2v) is 2.95. The van der Waals surface area contributed by atoms with Crippen molar-refractivity contribution in [1.82, 2.24) is 4.98 Å². The van der Waals surface area contributed by atoms with Crippen LogP contribution >= 0.6 is 0 Å². The Hall–Kier alpha value is -1.29. The SMILES string of the molecule is C(=N\OC1CCOC1)/c1ccc[nH]1. The molecule has 2 rings (SSSR count). The fourth-order valence-electron chi connectivity index (χ4n) is 1.19. The van der Waals surface area contributed by atoms with Crippen molar-refractivity contribution in [2.45, 2.75) is 12.5 Å². The maximum Gasteiger partial charge on any atom is 0.152 e. The van der Waals surface area contributed by atoms with Gasteiger partial charge in [-0.05, 0) is 12.1 Å². The Kier molecular flexibility index (Phi) is 2.62. The topological polar surface area (TPSA) is 46.6 Å². The van der Waals surface area contributed by atoms with Crippen molar-refractivity contribution in [1.29, 1.82) is 0 Å². The molecule has 0 amide bonds. The highest BCUT2D eigenvalue weighted by molar-refractivity contribution is 5.76. The number of hydrogen-bond donors (Lipinski definition) is 1. The van der Waals surface area contributed by atoms with E-state index in [1.54, 1.807) is 6.21 Å². The Morgan fingerprint density at radius 1 is 1.69 bits per heavy atom. The van der Waals surface area contributed by atoms with Gasteiger partial charge in [-0.2, -0.15) is 0 Å². The van der Waals surface area contributed by atoms with Gasteiger partial charge < -0.3 is 14.6 Å². The fourth-order valence-corrected chi connectivity index (χ4v) is 1.19. The second kappa shape index (κ2) is 4.09. The molecule has 13 heavy (non-hydrogen) atoms. The average molecular weight is 180 g/mol. The highest BCUT2D eigenvalue weighted by atomic mass is 16.7. The Bertz CT molecular complexity index is 263. The summed E-state index contributed by atoms with van der Waals surface area (Å²) in [5, 5.41) is 3.86. The van der Waals surface area contributed by atoms with E-state index < -0.39 is 0 Å². The Labute approximate surface area is 76.5 Å². The smallest absolute Gasteiger partial charge is 0.152 e. The van der Waals surface area contributed by atoms with Gasteiger partial charge in [0.05, 0.1) is 25.1 Å². The minimum Gasteiger partial charge on any atom is -0.390 e. The van der Waals surface area contributed by atoms with E-state index >= 15 is 0 Å². The molecule has 1 atom stereocenters. The van der Waals surface area contributed by atoms with Gasteiger partial charge in [0.15, 0.2) is 6.10 Å². The van der Waals surface area contributed by atoms with Crippen LogP contribution in [0, 0.1) is 0 Å². The summed E-state index contributed by atoms with van der Waals surface area (Å²) < 4.78 is 5.14. The summed E-state index contributed by atoms with van der Waals surface area (Å²) >= 11 is 0. The van der Waals surface area contributed by atoms with Gasteiger partial charge in [0.1, 0.15) is 0 Å². The number of nitrogens with zero attached hydrogens (tertiary/aromatic N) is 1. The predicted molar refractivity (Wildman–Crippen MR) is 48.7 cm³/mol. The molecule has 4 nitrogen and oxygen atoms in total. The van der Waals surface area contributed by atoms with Crippen LogP contribution in [0.4, 0.5) is 0 Å². The first-order chi connectivity index (χ1) is 6.45. The van der Waals surface area contributed by atoms with E-state index in [0.717, 1.165) is 18.7 Å². The number of hydrogen-bond acceptors (Lipinski definition) is 3. The molecule has 0 aliphatic carbocycles.